The summed E-state index contributed by atoms with van der Waals surface area (Å²) >= 11 is 0. The minimum absolute atomic E-state index is 1.07. The maximum absolute atomic E-state index is 2.39. The maximum Gasteiger partial charge on any atom is 0.0542 e. The first-order valence-electron chi connectivity index (χ1n) is 47.8. The Morgan fingerprint density at radius 1 is 0.100 bits per heavy atom. The van der Waals surface area contributed by atoms with Crippen LogP contribution in [0.2, 0.25) is 0 Å². The molecule has 8 heteroatoms. The van der Waals surface area contributed by atoms with Crippen LogP contribution in [0.5, 0.6) is 0 Å². The molecule has 0 fully saturated rings. The summed E-state index contributed by atoms with van der Waals surface area (Å²) in [5, 5.41) is 9.76. The minimum Gasteiger partial charge on any atom is -0.310 e. The lowest BCUT2D eigenvalue weighted by Crippen LogP contribution is -2.10. The Morgan fingerprint density at radius 2 is 0.264 bits per heavy atom. The van der Waals surface area contributed by atoms with Crippen molar-refractivity contribution in [3.05, 3.63) is 558 Å². The number of para-hydroxylation sites is 10. The normalized spacial score (nSPS) is 11.4. The maximum atomic E-state index is 2.39. The van der Waals surface area contributed by atoms with Gasteiger partial charge in [-0.05, 0) is 287 Å². The number of rotatable bonds is 20. The molecule has 26 aromatic rings. The first kappa shape index (κ1) is 83.1. The Morgan fingerprint density at radius 3 is 0.514 bits per heavy atom. The van der Waals surface area contributed by atoms with Gasteiger partial charge in [-0.15, -0.1) is 0 Å². The molecule has 0 spiro atoms. The molecule has 26 rings (SSSR count). The van der Waals surface area contributed by atoms with Crippen LogP contribution in [0.4, 0.5) is 68.2 Å². The predicted octanol–water partition coefficient (Wildman–Crippen LogP) is 36.3. The Balaban J connectivity index is 0.000000150. The van der Waals surface area contributed by atoms with E-state index in [2.05, 4.69) is 596 Å². The van der Waals surface area contributed by atoms with Gasteiger partial charge in [-0.3, -0.25) is 0 Å². The molecule has 4 heterocycles. The van der Waals surface area contributed by atoms with Crippen molar-refractivity contribution in [1.29, 1.82) is 0 Å². The fourth-order valence-electron chi connectivity index (χ4n) is 20.9. The summed E-state index contributed by atoms with van der Waals surface area (Å²) in [4.78, 5) is 9.49. The van der Waals surface area contributed by atoms with E-state index in [1.165, 1.54) is 109 Å². The van der Waals surface area contributed by atoms with Crippen molar-refractivity contribution >= 4 is 155 Å². The highest BCUT2D eigenvalue weighted by atomic mass is 15.2. The van der Waals surface area contributed by atoms with Crippen molar-refractivity contribution in [3.8, 4) is 67.3 Å². The standard InChI is InChI=1S/C72H50N4.C60H42N4/c1-5-19-51(20-6-1)55-23-17-29-61(47-55)73(63-43-45-71-67(49-63)65-31-13-15-33-69(65)75(71)57-25-9-3-10-26-57)59-39-35-53(36-40-59)54-37-41-60(42-38-54)74(62-30-18-24-56(48-62)52-21-7-2-8-22-52)64-44-46-72-68(50-64)66-32-14-16-34-70(66)76(72)58-27-11-4-12-28-58;1-5-17-45(18-6-1)61(51-37-39-59-55(41-51)53-25-13-15-27-57(53)63(59)47-21-9-3-10-22-47)49-33-29-43(30-34-49)44-31-35-50(36-32-44)62(46-19-7-2-8-20-46)52-38-40-60-56(42-52)54-26-14-16-28-58(54)64(60)48-23-11-4-12-24-48/h1-50H;1-42H. The van der Waals surface area contributed by atoms with Gasteiger partial charge in [-0.2, -0.15) is 0 Å². The van der Waals surface area contributed by atoms with Crippen molar-refractivity contribution in [2.75, 3.05) is 19.6 Å². The lowest BCUT2D eigenvalue weighted by molar-refractivity contribution is 1.18. The molecule has 0 saturated carbocycles. The van der Waals surface area contributed by atoms with Crippen LogP contribution in [0.3, 0.4) is 0 Å². The van der Waals surface area contributed by atoms with E-state index >= 15 is 0 Å². The average molecular weight is 1790 g/mol. The van der Waals surface area contributed by atoms with E-state index in [4.69, 9.17) is 0 Å². The number of hydrogen-bond donors (Lipinski definition) is 0. The van der Waals surface area contributed by atoms with Crippen molar-refractivity contribution < 1.29 is 0 Å². The van der Waals surface area contributed by atoms with Gasteiger partial charge in [-0.25, -0.2) is 0 Å². The van der Waals surface area contributed by atoms with Crippen LogP contribution in [0.1, 0.15) is 0 Å². The molecule has 0 unspecified atom stereocenters. The topological polar surface area (TPSA) is 32.7 Å². The van der Waals surface area contributed by atoms with Gasteiger partial charge >= 0.3 is 0 Å². The molecular formula is C132H92N8. The van der Waals surface area contributed by atoms with Crippen LogP contribution >= 0.6 is 0 Å². The van der Waals surface area contributed by atoms with Crippen LogP contribution in [0.15, 0.2) is 558 Å². The Hall–Kier alpha value is -18.8. The van der Waals surface area contributed by atoms with Crippen molar-refractivity contribution in [2.45, 2.75) is 0 Å². The second-order valence-electron chi connectivity index (χ2n) is 35.6. The third-order valence-corrected chi connectivity index (χ3v) is 27.3. The second-order valence-corrected chi connectivity index (χ2v) is 35.6. The largest absolute Gasteiger partial charge is 0.310 e. The molecule has 0 aliphatic carbocycles. The molecule has 0 aliphatic rings. The molecule has 0 radical (unpaired) electrons. The van der Waals surface area contributed by atoms with Gasteiger partial charge in [0.25, 0.3) is 0 Å². The molecule has 0 N–H and O–H groups in total. The Kier molecular flexibility index (Phi) is 21.5. The molecule has 0 bridgehead atoms. The van der Waals surface area contributed by atoms with E-state index in [1.807, 2.05) is 0 Å². The molecule has 22 aromatic carbocycles. The molecule has 660 valence electrons. The van der Waals surface area contributed by atoms with Crippen LogP contribution in [-0.4, -0.2) is 18.3 Å². The monoisotopic (exact) mass is 1790 g/mol. The number of anilines is 12. The Bertz CT molecular complexity index is 8470. The number of hydrogen-bond acceptors (Lipinski definition) is 4. The fraction of sp³-hybridized carbons (Fsp3) is 0. The lowest BCUT2D eigenvalue weighted by atomic mass is 10.0. The fourth-order valence-corrected chi connectivity index (χ4v) is 20.9. The summed E-state index contributed by atoms with van der Waals surface area (Å²) in [6.45, 7) is 0. The Labute approximate surface area is 813 Å². The molecule has 4 aromatic heterocycles. The quantitative estimate of drug-likeness (QED) is 0.0761. The van der Waals surface area contributed by atoms with E-state index in [9.17, 15) is 0 Å². The van der Waals surface area contributed by atoms with Gasteiger partial charge in [0.15, 0.2) is 0 Å². The van der Waals surface area contributed by atoms with Gasteiger partial charge in [-0.1, -0.05) is 315 Å². The van der Waals surface area contributed by atoms with Gasteiger partial charge in [0.05, 0.1) is 44.1 Å². The summed E-state index contributed by atoms with van der Waals surface area (Å²) in [7, 11) is 0. The molecule has 0 amide bonds. The zero-order chi connectivity index (χ0) is 92.8. The molecule has 0 saturated heterocycles. The first-order chi connectivity index (χ1) is 69.5. The van der Waals surface area contributed by atoms with E-state index in [0.717, 1.165) is 113 Å². The molecule has 0 aliphatic heterocycles. The highest BCUT2D eigenvalue weighted by molar-refractivity contribution is 6.15. The van der Waals surface area contributed by atoms with E-state index < -0.39 is 0 Å². The number of aromatic nitrogens is 4. The summed E-state index contributed by atoms with van der Waals surface area (Å²) in [5.74, 6) is 0. The molecular weight excluding hydrogens is 1700 g/mol. The molecule has 8 nitrogen and oxygen atoms in total. The smallest absolute Gasteiger partial charge is 0.0542 e. The lowest BCUT2D eigenvalue weighted by Gasteiger charge is -2.27. The third-order valence-electron chi connectivity index (χ3n) is 27.3. The summed E-state index contributed by atoms with van der Waals surface area (Å²) < 4.78 is 9.48. The highest BCUT2D eigenvalue weighted by Gasteiger charge is 2.26. The van der Waals surface area contributed by atoms with Gasteiger partial charge in [0.2, 0.25) is 0 Å². The van der Waals surface area contributed by atoms with E-state index in [1.54, 1.807) is 0 Å². The van der Waals surface area contributed by atoms with Gasteiger partial charge < -0.3 is 37.9 Å². The molecule has 140 heavy (non-hydrogen) atoms. The first-order valence-corrected chi connectivity index (χ1v) is 47.8. The average Bonchev–Trinajstić information content (AvgIpc) is 1.60. The predicted molar refractivity (Wildman–Crippen MR) is 591 cm³/mol. The van der Waals surface area contributed by atoms with Crippen molar-refractivity contribution in [2.24, 2.45) is 0 Å². The van der Waals surface area contributed by atoms with E-state index in [-0.39, 0.29) is 0 Å². The highest BCUT2D eigenvalue weighted by Crippen LogP contribution is 2.49. The van der Waals surface area contributed by atoms with Crippen LogP contribution < -0.4 is 19.6 Å². The number of benzene rings is 22. The van der Waals surface area contributed by atoms with Crippen molar-refractivity contribution in [1.82, 2.24) is 18.3 Å². The van der Waals surface area contributed by atoms with Crippen LogP contribution in [-0.2, 0) is 0 Å². The molecule has 0 atom stereocenters. The van der Waals surface area contributed by atoms with Gasteiger partial charge in [0.1, 0.15) is 0 Å². The zero-order valence-electron chi connectivity index (χ0n) is 76.7. The van der Waals surface area contributed by atoms with Crippen LogP contribution in [0, 0.1) is 0 Å². The minimum atomic E-state index is 1.07. The number of fused-ring (bicyclic) bond motifs is 12. The van der Waals surface area contributed by atoms with Gasteiger partial charge in [0, 0.05) is 134 Å². The zero-order valence-corrected chi connectivity index (χ0v) is 76.7. The van der Waals surface area contributed by atoms with Crippen molar-refractivity contribution in [3.63, 3.8) is 0 Å². The number of nitrogens with zero attached hydrogens (tertiary/aromatic N) is 8. The summed E-state index contributed by atoms with van der Waals surface area (Å²) in [6.07, 6.45) is 0. The van der Waals surface area contributed by atoms with E-state index in [0.29, 0.717) is 0 Å². The van der Waals surface area contributed by atoms with Crippen LogP contribution in [0.25, 0.3) is 154 Å². The second kappa shape index (κ2) is 36.2. The third kappa shape index (κ3) is 15.4. The summed E-state index contributed by atoms with van der Waals surface area (Å²) in [5.41, 5.74) is 36.5. The summed E-state index contributed by atoms with van der Waals surface area (Å²) in [6, 6.07) is 201. The SMILES string of the molecule is c1ccc(-c2cccc(N(c3ccc(-c4ccc(N(c5cccc(-c6ccccc6)c5)c5ccc6c(c5)c5ccccc5n6-c5ccccc5)cc4)cc3)c3ccc4c(c3)c3ccccc3n4-c3ccccc3)c2)cc1.c1ccc(N(c2ccc(-c3ccc(N(c4ccccc4)c4ccc5c(c4)c4ccccc4n5-c4ccccc4)cc3)cc2)c2ccc3c(c2)c2ccccc2n3-c2ccccc2)cc1.